The van der Waals surface area contributed by atoms with Crippen molar-refractivity contribution in [2.75, 3.05) is 31.6 Å². The van der Waals surface area contributed by atoms with E-state index in [0.29, 0.717) is 36.4 Å². The minimum atomic E-state index is -0.602. The van der Waals surface area contributed by atoms with Crippen molar-refractivity contribution in [1.82, 2.24) is 25.1 Å². The number of aromatic nitrogens is 4. The molecule has 1 fully saturated rings. The third-order valence-corrected chi connectivity index (χ3v) is 6.97. The molecule has 1 saturated heterocycles. The third kappa shape index (κ3) is 4.11. The molecule has 5 rings (SSSR count). The molecule has 0 radical (unpaired) electrons. The van der Waals surface area contributed by atoms with Crippen LogP contribution in [0.25, 0.3) is 32.9 Å². The summed E-state index contributed by atoms with van der Waals surface area (Å²) in [6.07, 6.45) is 3.01. The number of nitrogens with one attached hydrogen (secondary N) is 1. The maximum atomic E-state index is 16.3. The number of fused-ring (bicyclic) bond motifs is 2. The number of carbonyl (C=O) groups excluding carboxylic acids is 1. The Hall–Kier alpha value is -4.23. The number of amides is 1. The van der Waals surface area contributed by atoms with Gasteiger partial charge in [-0.1, -0.05) is 24.2 Å². The number of carbonyl (C=O) groups is 1. The molecule has 4 aromatic rings. The van der Waals surface area contributed by atoms with Gasteiger partial charge in [0, 0.05) is 41.5 Å². The number of piperazine rings is 1. The van der Waals surface area contributed by atoms with E-state index in [1.165, 1.54) is 13.2 Å². The number of nitrogens with zero attached hydrogens (tertiary/aromatic N) is 6. The van der Waals surface area contributed by atoms with Crippen LogP contribution in [0.5, 0.6) is 6.01 Å². The topological polar surface area (TPSA) is 111 Å². The highest BCUT2D eigenvalue weighted by molar-refractivity contribution is 6.35. The number of ether oxygens (including phenoxy) is 1. The number of methoxy groups -OCH3 is 1. The van der Waals surface area contributed by atoms with Crippen LogP contribution in [0, 0.1) is 24.1 Å². The van der Waals surface area contributed by atoms with E-state index in [1.54, 1.807) is 17.2 Å². The summed E-state index contributed by atoms with van der Waals surface area (Å²) in [5.41, 5.74) is 2.49. The zero-order chi connectivity index (χ0) is 26.3. The van der Waals surface area contributed by atoms with Crippen molar-refractivity contribution in [3.8, 4) is 23.2 Å². The molecule has 0 aliphatic carbocycles. The summed E-state index contributed by atoms with van der Waals surface area (Å²) in [5, 5.41) is 17.7. The highest BCUT2D eigenvalue weighted by Crippen LogP contribution is 2.42. The molecule has 188 valence electrons. The van der Waals surface area contributed by atoms with Gasteiger partial charge in [0.25, 0.3) is 0 Å². The number of halogens is 2. The predicted molar refractivity (Wildman–Crippen MR) is 139 cm³/mol. The van der Waals surface area contributed by atoms with Crippen LogP contribution < -0.4 is 9.64 Å². The molecule has 2 aromatic carbocycles. The number of hydrogen-bond acceptors (Lipinski definition) is 7. The van der Waals surface area contributed by atoms with Gasteiger partial charge in [-0.2, -0.15) is 20.3 Å². The lowest BCUT2D eigenvalue weighted by Gasteiger charge is -2.41. The van der Waals surface area contributed by atoms with Gasteiger partial charge in [0.15, 0.2) is 5.82 Å². The number of anilines is 1. The van der Waals surface area contributed by atoms with Crippen molar-refractivity contribution in [2.45, 2.75) is 19.4 Å². The maximum absolute atomic E-state index is 16.3. The Balaban J connectivity index is 1.68. The van der Waals surface area contributed by atoms with Crippen molar-refractivity contribution in [1.29, 1.82) is 5.26 Å². The summed E-state index contributed by atoms with van der Waals surface area (Å²) in [5.74, 6) is -0.427. The molecule has 3 heterocycles. The Morgan fingerprint density at radius 3 is 2.89 bits per heavy atom. The van der Waals surface area contributed by atoms with Crippen LogP contribution in [0.15, 0.2) is 37.1 Å². The minimum Gasteiger partial charge on any atom is -0.467 e. The van der Waals surface area contributed by atoms with Crippen LogP contribution in [-0.4, -0.2) is 63.8 Å². The fourth-order valence-electron chi connectivity index (χ4n) is 4.91. The van der Waals surface area contributed by atoms with Gasteiger partial charge in [-0.05, 0) is 30.7 Å². The molecule has 37 heavy (non-hydrogen) atoms. The summed E-state index contributed by atoms with van der Waals surface area (Å²) in [4.78, 5) is 24.7. The normalized spacial score (nSPS) is 15.7. The first-order chi connectivity index (χ1) is 17.9. The minimum absolute atomic E-state index is 0.00524. The fraction of sp³-hybridized carbons (Fsp3) is 0.269. The average molecular weight is 520 g/mol. The summed E-state index contributed by atoms with van der Waals surface area (Å²) in [6, 6.07) is 7.16. The van der Waals surface area contributed by atoms with Crippen molar-refractivity contribution in [3.63, 3.8) is 0 Å². The lowest BCUT2D eigenvalue weighted by atomic mass is 9.95. The Kier molecular flexibility index (Phi) is 6.39. The molecule has 1 atom stereocenters. The van der Waals surface area contributed by atoms with Gasteiger partial charge in [-0.3, -0.25) is 9.89 Å². The number of rotatable bonds is 5. The summed E-state index contributed by atoms with van der Waals surface area (Å²) < 4.78 is 21.6. The van der Waals surface area contributed by atoms with Gasteiger partial charge >= 0.3 is 6.01 Å². The van der Waals surface area contributed by atoms with Crippen LogP contribution in [0.2, 0.25) is 5.02 Å². The summed E-state index contributed by atoms with van der Waals surface area (Å²) >= 11 is 6.75. The Labute approximate surface area is 217 Å². The number of benzene rings is 2. The van der Waals surface area contributed by atoms with Crippen LogP contribution in [-0.2, 0) is 4.79 Å². The number of hydrogen-bond donors (Lipinski definition) is 1. The van der Waals surface area contributed by atoms with Crippen LogP contribution in [0.4, 0.5) is 10.2 Å². The highest BCUT2D eigenvalue weighted by Gasteiger charge is 2.32. The SMILES string of the molecule is C=CC(=O)N1CCN(c2nc(OC)nc3c(F)c(-c4c(C)ccc5[nH]ncc45)c(Cl)cc23)C[C@@H]1CC#N. The lowest BCUT2D eigenvalue weighted by molar-refractivity contribution is -0.128. The van der Waals surface area contributed by atoms with E-state index in [-0.39, 0.29) is 40.5 Å². The largest absolute Gasteiger partial charge is 0.467 e. The van der Waals surface area contributed by atoms with E-state index in [1.807, 2.05) is 24.0 Å². The van der Waals surface area contributed by atoms with Crippen molar-refractivity contribution in [2.24, 2.45) is 0 Å². The molecule has 9 nitrogen and oxygen atoms in total. The molecule has 1 aliphatic rings. The Bertz CT molecular complexity index is 1600. The second kappa shape index (κ2) is 9.67. The summed E-state index contributed by atoms with van der Waals surface area (Å²) in [6.45, 7) is 6.51. The van der Waals surface area contributed by atoms with Gasteiger partial charge in [0.2, 0.25) is 5.91 Å². The smallest absolute Gasteiger partial charge is 0.318 e. The Morgan fingerprint density at radius 2 is 2.16 bits per heavy atom. The molecule has 2 aromatic heterocycles. The predicted octanol–water partition coefficient (Wildman–Crippen LogP) is 4.40. The van der Waals surface area contributed by atoms with E-state index in [0.717, 1.165) is 16.5 Å². The first-order valence-corrected chi connectivity index (χ1v) is 12.0. The first kappa shape index (κ1) is 24.5. The Morgan fingerprint density at radius 1 is 1.35 bits per heavy atom. The fourth-order valence-corrected chi connectivity index (χ4v) is 5.20. The van der Waals surface area contributed by atoms with E-state index < -0.39 is 5.82 Å². The first-order valence-electron chi connectivity index (χ1n) is 11.6. The number of aromatic amines is 1. The number of aryl methyl sites for hydroxylation is 1. The third-order valence-electron chi connectivity index (χ3n) is 6.67. The van der Waals surface area contributed by atoms with Crippen molar-refractivity contribution >= 4 is 45.1 Å². The van der Waals surface area contributed by atoms with Gasteiger partial charge in [-0.25, -0.2) is 4.39 Å². The lowest BCUT2D eigenvalue weighted by Crippen LogP contribution is -2.55. The summed E-state index contributed by atoms with van der Waals surface area (Å²) in [7, 11) is 1.41. The van der Waals surface area contributed by atoms with E-state index >= 15 is 4.39 Å². The van der Waals surface area contributed by atoms with E-state index in [2.05, 4.69) is 32.8 Å². The number of nitriles is 1. The molecule has 1 amide bonds. The molecule has 0 spiro atoms. The molecule has 11 heteroatoms. The van der Waals surface area contributed by atoms with Gasteiger partial charge < -0.3 is 14.5 Å². The molecule has 1 N–H and O–H groups in total. The second-order valence-corrected chi connectivity index (χ2v) is 9.17. The van der Waals surface area contributed by atoms with Gasteiger partial charge in [0.05, 0.1) is 42.4 Å². The van der Waals surface area contributed by atoms with Gasteiger partial charge in [0.1, 0.15) is 11.3 Å². The standard InChI is InChI=1S/C26H23ClFN7O2/c1-4-20(36)35-10-9-34(13-15(35)7-8-29)25-16-11-18(27)22(23(28)24(16)31-26(32-25)37-3)21-14(2)5-6-19-17(21)12-30-33-19/h4-6,11-12,15H,1,7,9-10,13H2,2-3H3,(H,30,33)/t15-/m0/s1. The van der Waals surface area contributed by atoms with Crippen molar-refractivity contribution < 1.29 is 13.9 Å². The zero-order valence-corrected chi connectivity index (χ0v) is 21.0. The van der Waals surface area contributed by atoms with Crippen molar-refractivity contribution in [3.05, 3.63) is 53.5 Å². The van der Waals surface area contributed by atoms with Gasteiger partial charge in [-0.15, -0.1) is 0 Å². The maximum Gasteiger partial charge on any atom is 0.318 e. The number of H-pyrrole nitrogens is 1. The molecular weight excluding hydrogens is 497 g/mol. The molecule has 0 unspecified atom stereocenters. The molecule has 0 saturated carbocycles. The highest BCUT2D eigenvalue weighted by atomic mass is 35.5. The molecule has 1 aliphatic heterocycles. The second-order valence-electron chi connectivity index (χ2n) is 8.76. The quantitative estimate of drug-likeness (QED) is 0.389. The van der Waals surface area contributed by atoms with E-state index in [4.69, 9.17) is 16.3 Å². The molecule has 0 bridgehead atoms. The average Bonchev–Trinajstić information content (AvgIpc) is 3.38. The molecular formula is C26H23ClFN7O2. The van der Waals surface area contributed by atoms with Crippen LogP contribution in [0.3, 0.4) is 0 Å². The monoisotopic (exact) mass is 519 g/mol. The van der Waals surface area contributed by atoms with Crippen LogP contribution >= 0.6 is 11.6 Å². The van der Waals surface area contributed by atoms with E-state index in [9.17, 15) is 10.1 Å². The van der Waals surface area contributed by atoms with Crippen LogP contribution in [0.1, 0.15) is 12.0 Å². The zero-order valence-electron chi connectivity index (χ0n) is 20.3.